The van der Waals surface area contributed by atoms with Gasteiger partial charge in [0.1, 0.15) is 0 Å². The van der Waals surface area contributed by atoms with Crippen LogP contribution in [-0.2, 0) is 4.79 Å². The van der Waals surface area contributed by atoms with Crippen LogP contribution in [-0.4, -0.2) is 29.7 Å². The molecule has 1 aliphatic carbocycles. The van der Waals surface area contributed by atoms with E-state index in [1.807, 2.05) is 66.4 Å². The van der Waals surface area contributed by atoms with Crippen LogP contribution < -0.4 is 0 Å². The van der Waals surface area contributed by atoms with Crippen molar-refractivity contribution < 1.29 is 9.59 Å². The fourth-order valence-electron chi connectivity index (χ4n) is 5.41. The summed E-state index contributed by atoms with van der Waals surface area (Å²) in [6, 6.07) is 16.9. The molecule has 0 spiro atoms. The summed E-state index contributed by atoms with van der Waals surface area (Å²) in [4.78, 5) is 28.0. The summed E-state index contributed by atoms with van der Waals surface area (Å²) in [5.41, 5.74) is 2.25. The minimum absolute atomic E-state index is 0.00521. The summed E-state index contributed by atoms with van der Waals surface area (Å²) in [6.07, 6.45) is 10.7. The number of hydrogen-bond donors (Lipinski definition) is 0. The van der Waals surface area contributed by atoms with Crippen LogP contribution in [0.5, 0.6) is 0 Å². The number of likely N-dealkylation sites (tertiary alicyclic amines) is 1. The van der Waals surface area contributed by atoms with Crippen molar-refractivity contribution >= 4 is 11.7 Å². The monoisotopic (exact) mass is 417 g/mol. The van der Waals surface area contributed by atoms with Gasteiger partial charge in [-0.25, -0.2) is 0 Å². The Balaban J connectivity index is 1.35. The number of ketones is 1. The predicted molar refractivity (Wildman–Crippen MR) is 125 cm³/mol. The van der Waals surface area contributed by atoms with E-state index in [0.29, 0.717) is 11.1 Å². The van der Waals surface area contributed by atoms with Crippen LogP contribution in [0, 0.1) is 11.8 Å². The highest BCUT2D eigenvalue weighted by Gasteiger charge is 2.28. The van der Waals surface area contributed by atoms with Gasteiger partial charge in [-0.1, -0.05) is 80.6 Å². The molecule has 1 unspecified atom stereocenters. The van der Waals surface area contributed by atoms with Crippen molar-refractivity contribution in [2.45, 2.75) is 64.2 Å². The summed E-state index contributed by atoms with van der Waals surface area (Å²) >= 11 is 0. The van der Waals surface area contributed by atoms with E-state index in [-0.39, 0.29) is 17.6 Å². The van der Waals surface area contributed by atoms with Crippen LogP contribution in [0.15, 0.2) is 54.6 Å². The Hall–Kier alpha value is -2.42. The number of nitrogens with zero attached hydrogens (tertiary/aromatic N) is 1. The van der Waals surface area contributed by atoms with E-state index in [1.54, 1.807) is 0 Å². The second-order valence-corrected chi connectivity index (χ2v) is 9.55. The van der Waals surface area contributed by atoms with Gasteiger partial charge < -0.3 is 4.90 Å². The van der Waals surface area contributed by atoms with Crippen LogP contribution in [0.2, 0.25) is 0 Å². The van der Waals surface area contributed by atoms with Gasteiger partial charge in [0.25, 0.3) is 0 Å². The molecule has 164 valence electrons. The summed E-state index contributed by atoms with van der Waals surface area (Å²) in [5.74, 6) is 1.68. The van der Waals surface area contributed by atoms with Gasteiger partial charge in [0.2, 0.25) is 5.91 Å². The highest BCUT2D eigenvalue weighted by molar-refractivity contribution is 6.09. The summed E-state index contributed by atoms with van der Waals surface area (Å²) in [5, 5.41) is 0. The highest BCUT2D eigenvalue weighted by Crippen LogP contribution is 2.33. The molecule has 1 saturated carbocycles. The minimum Gasteiger partial charge on any atom is -0.342 e. The van der Waals surface area contributed by atoms with E-state index in [0.717, 1.165) is 43.3 Å². The zero-order chi connectivity index (χ0) is 21.6. The maximum Gasteiger partial charge on any atom is 0.229 e. The van der Waals surface area contributed by atoms with Gasteiger partial charge in [-0.3, -0.25) is 9.59 Å². The first-order valence-corrected chi connectivity index (χ1v) is 12.1. The Morgan fingerprint density at radius 1 is 0.839 bits per heavy atom. The largest absolute Gasteiger partial charge is 0.342 e. The molecule has 3 nitrogen and oxygen atoms in total. The molecule has 1 amide bonds. The van der Waals surface area contributed by atoms with E-state index in [9.17, 15) is 9.59 Å². The molecule has 0 N–H and O–H groups in total. The average molecular weight is 418 g/mol. The molecule has 2 aliphatic rings. The summed E-state index contributed by atoms with van der Waals surface area (Å²) < 4.78 is 0. The van der Waals surface area contributed by atoms with Crippen molar-refractivity contribution in [3.63, 3.8) is 0 Å². The van der Waals surface area contributed by atoms with Gasteiger partial charge in [-0.2, -0.15) is 0 Å². The highest BCUT2D eigenvalue weighted by atomic mass is 16.2. The lowest BCUT2D eigenvalue weighted by Crippen LogP contribution is -2.41. The van der Waals surface area contributed by atoms with Crippen LogP contribution in [0.1, 0.15) is 85.7 Å². The molecular weight excluding hydrogens is 382 g/mol. The summed E-state index contributed by atoms with van der Waals surface area (Å²) in [6.45, 7) is 3.73. The van der Waals surface area contributed by atoms with Crippen LogP contribution in [0.25, 0.3) is 0 Å². The Kier molecular flexibility index (Phi) is 7.21. The van der Waals surface area contributed by atoms with E-state index in [1.165, 1.54) is 38.5 Å². The molecule has 0 aromatic heterocycles. The van der Waals surface area contributed by atoms with E-state index in [2.05, 4.69) is 0 Å². The fourth-order valence-corrected chi connectivity index (χ4v) is 5.41. The molecule has 2 aromatic rings. The maximum atomic E-state index is 13.2. The number of piperidine rings is 1. The van der Waals surface area contributed by atoms with E-state index in [4.69, 9.17) is 0 Å². The first-order chi connectivity index (χ1) is 15.1. The molecule has 1 atom stereocenters. The zero-order valence-corrected chi connectivity index (χ0v) is 18.8. The van der Waals surface area contributed by atoms with Crippen molar-refractivity contribution in [2.75, 3.05) is 13.1 Å². The van der Waals surface area contributed by atoms with Crippen molar-refractivity contribution in [1.29, 1.82) is 0 Å². The van der Waals surface area contributed by atoms with Gasteiger partial charge in [-0.05, 0) is 49.7 Å². The molecule has 31 heavy (non-hydrogen) atoms. The van der Waals surface area contributed by atoms with Gasteiger partial charge in [-0.15, -0.1) is 0 Å². The quantitative estimate of drug-likeness (QED) is 0.523. The standard InChI is InChI=1S/C28H35NO2/c1-21(25-13-8-14-26(20-25)27(30)24-11-6-3-7-12-24)28(31)29-17-15-23(16-18-29)19-22-9-4-2-5-10-22/h3,6-8,11-14,20-23H,2,4-5,9-10,15-19H2,1H3. The van der Waals surface area contributed by atoms with E-state index >= 15 is 0 Å². The minimum atomic E-state index is -0.224. The first kappa shape index (κ1) is 21.8. The van der Waals surface area contributed by atoms with Crippen LogP contribution in [0.4, 0.5) is 0 Å². The van der Waals surface area contributed by atoms with Crippen molar-refractivity contribution in [1.82, 2.24) is 4.90 Å². The number of amides is 1. The number of rotatable bonds is 6. The molecule has 3 heteroatoms. The maximum absolute atomic E-state index is 13.2. The Morgan fingerprint density at radius 2 is 1.48 bits per heavy atom. The number of carbonyl (C=O) groups is 2. The molecule has 2 aromatic carbocycles. The van der Waals surface area contributed by atoms with Crippen molar-refractivity contribution in [3.8, 4) is 0 Å². The topological polar surface area (TPSA) is 37.4 Å². The Morgan fingerprint density at radius 3 is 2.19 bits per heavy atom. The SMILES string of the molecule is CC(C(=O)N1CCC(CC2CCCCC2)CC1)c1cccc(C(=O)c2ccccc2)c1. The predicted octanol–water partition coefficient (Wildman–Crippen LogP) is 6.23. The van der Waals surface area contributed by atoms with Gasteiger partial charge in [0.05, 0.1) is 5.92 Å². The van der Waals surface area contributed by atoms with Gasteiger partial charge in [0, 0.05) is 24.2 Å². The lowest BCUT2D eigenvalue weighted by molar-refractivity contribution is -0.133. The molecule has 2 fully saturated rings. The molecule has 0 bridgehead atoms. The normalized spacial score (nSPS) is 19.2. The second kappa shape index (κ2) is 10.3. The molecule has 1 aliphatic heterocycles. The lowest BCUT2D eigenvalue weighted by Gasteiger charge is -2.35. The van der Waals surface area contributed by atoms with Crippen LogP contribution >= 0.6 is 0 Å². The number of benzene rings is 2. The fraction of sp³-hybridized carbons (Fsp3) is 0.500. The second-order valence-electron chi connectivity index (χ2n) is 9.55. The van der Waals surface area contributed by atoms with Gasteiger partial charge >= 0.3 is 0 Å². The number of hydrogen-bond acceptors (Lipinski definition) is 2. The number of carbonyl (C=O) groups excluding carboxylic acids is 2. The third kappa shape index (κ3) is 5.44. The average Bonchev–Trinajstić information content (AvgIpc) is 2.84. The molecular formula is C28H35NO2. The molecule has 1 heterocycles. The van der Waals surface area contributed by atoms with E-state index < -0.39 is 0 Å². The van der Waals surface area contributed by atoms with Gasteiger partial charge in [0.15, 0.2) is 5.78 Å². The Bertz CT molecular complexity index is 877. The third-order valence-corrected chi connectivity index (χ3v) is 7.37. The Labute approximate surface area is 186 Å². The van der Waals surface area contributed by atoms with Crippen LogP contribution in [0.3, 0.4) is 0 Å². The summed E-state index contributed by atoms with van der Waals surface area (Å²) in [7, 11) is 0. The molecule has 0 radical (unpaired) electrons. The lowest BCUT2D eigenvalue weighted by atomic mass is 9.80. The van der Waals surface area contributed by atoms with Crippen molar-refractivity contribution in [3.05, 3.63) is 71.3 Å². The smallest absolute Gasteiger partial charge is 0.229 e. The third-order valence-electron chi connectivity index (χ3n) is 7.37. The molecule has 1 saturated heterocycles. The molecule has 4 rings (SSSR count). The first-order valence-electron chi connectivity index (χ1n) is 12.1. The van der Waals surface area contributed by atoms with Crippen molar-refractivity contribution in [2.24, 2.45) is 11.8 Å². The zero-order valence-electron chi connectivity index (χ0n) is 18.8.